The smallest absolute Gasteiger partial charge is 0.254 e. The zero-order valence-electron chi connectivity index (χ0n) is 16.0. The van der Waals surface area contributed by atoms with Crippen LogP contribution in [-0.2, 0) is 11.2 Å². The molecule has 4 rings (SSSR count). The van der Waals surface area contributed by atoms with Crippen LogP contribution in [0.25, 0.3) is 0 Å². The lowest BCUT2D eigenvalue weighted by molar-refractivity contribution is -0.118. The van der Waals surface area contributed by atoms with Crippen molar-refractivity contribution in [2.75, 3.05) is 42.5 Å². The van der Waals surface area contributed by atoms with Crippen LogP contribution in [-0.4, -0.2) is 49.4 Å². The third-order valence-corrected chi connectivity index (χ3v) is 5.94. The maximum absolute atomic E-state index is 13.2. The van der Waals surface area contributed by atoms with E-state index in [1.54, 1.807) is 4.90 Å². The first-order valence-electron chi connectivity index (χ1n) is 9.81. The molecule has 0 radical (unpaired) electrons. The van der Waals surface area contributed by atoms with E-state index in [9.17, 15) is 9.59 Å². The Morgan fingerprint density at radius 2 is 1.64 bits per heavy atom. The Bertz CT molecular complexity index is 906. The maximum Gasteiger partial charge on any atom is 0.254 e. The molecule has 5 nitrogen and oxygen atoms in total. The van der Waals surface area contributed by atoms with Crippen LogP contribution in [0.15, 0.2) is 42.5 Å². The Kier molecular flexibility index (Phi) is 5.27. The summed E-state index contributed by atoms with van der Waals surface area (Å²) in [5, 5.41) is 0.740. The normalized spacial score (nSPS) is 16.3. The van der Waals surface area contributed by atoms with Gasteiger partial charge in [-0.3, -0.25) is 9.59 Å². The summed E-state index contributed by atoms with van der Waals surface area (Å²) in [7, 11) is 0. The lowest BCUT2D eigenvalue weighted by Crippen LogP contribution is -2.49. The Morgan fingerprint density at radius 1 is 0.929 bits per heavy atom. The first-order valence-corrected chi connectivity index (χ1v) is 10.2. The summed E-state index contributed by atoms with van der Waals surface area (Å²) < 4.78 is 0. The van der Waals surface area contributed by atoms with Crippen molar-refractivity contribution < 1.29 is 9.59 Å². The number of anilines is 2. The third kappa shape index (κ3) is 3.35. The first-order chi connectivity index (χ1) is 13.6. The topological polar surface area (TPSA) is 43.9 Å². The quantitative estimate of drug-likeness (QED) is 0.794. The van der Waals surface area contributed by atoms with Crippen LogP contribution >= 0.6 is 11.6 Å². The molecule has 2 aliphatic heterocycles. The van der Waals surface area contributed by atoms with Crippen LogP contribution in [0.5, 0.6) is 0 Å². The van der Waals surface area contributed by atoms with Crippen LogP contribution in [0.1, 0.15) is 29.3 Å². The SMILES string of the molecule is CCC(=O)N1CCc2c(C(=O)N3CCN(c4ccccc4Cl)CC3)cccc21. The Morgan fingerprint density at radius 3 is 2.36 bits per heavy atom. The van der Waals surface area contributed by atoms with Crippen molar-refractivity contribution in [1.29, 1.82) is 0 Å². The van der Waals surface area contributed by atoms with Gasteiger partial charge in [0, 0.05) is 50.4 Å². The molecule has 2 heterocycles. The summed E-state index contributed by atoms with van der Waals surface area (Å²) in [4.78, 5) is 31.3. The standard InChI is InChI=1S/C22H24ClN3O2/c1-2-21(27)26-11-10-16-17(6-5-9-19(16)26)22(28)25-14-12-24(13-15-25)20-8-4-3-7-18(20)23/h3-9H,2,10-15H2,1H3. The summed E-state index contributed by atoms with van der Waals surface area (Å²) in [5.74, 6) is 0.165. The molecule has 2 aromatic rings. The fourth-order valence-corrected chi connectivity index (χ4v) is 4.37. The number of carbonyl (C=O) groups is 2. The van der Waals surface area contributed by atoms with Gasteiger partial charge in [0.15, 0.2) is 0 Å². The summed E-state index contributed by atoms with van der Waals surface area (Å²) in [5.41, 5.74) is 3.65. The Hall–Kier alpha value is -2.53. The van der Waals surface area contributed by atoms with Gasteiger partial charge in [0.2, 0.25) is 5.91 Å². The molecule has 0 saturated carbocycles. The first kappa shape index (κ1) is 18.8. The molecule has 28 heavy (non-hydrogen) atoms. The van der Waals surface area contributed by atoms with Crippen molar-refractivity contribution in [3.63, 3.8) is 0 Å². The molecule has 2 aromatic carbocycles. The van der Waals surface area contributed by atoms with Crippen molar-refractivity contribution in [2.45, 2.75) is 19.8 Å². The molecular formula is C22H24ClN3O2. The van der Waals surface area contributed by atoms with E-state index in [0.29, 0.717) is 26.1 Å². The van der Waals surface area contributed by atoms with Gasteiger partial charge in [-0.25, -0.2) is 0 Å². The number of halogens is 1. The van der Waals surface area contributed by atoms with Crippen molar-refractivity contribution in [1.82, 2.24) is 4.90 Å². The van der Waals surface area contributed by atoms with E-state index in [-0.39, 0.29) is 11.8 Å². The molecule has 0 aromatic heterocycles. The molecule has 0 aliphatic carbocycles. The zero-order chi connectivity index (χ0) is 19.7. The molecule has 0 unspecified atom stereocenters. The number of nitrogens with zero attached hydrogens (tertiary/aromatic N) is 3. The van der Waals surface area contributed by atoms with E-state index >= 15 is 0 Å². The van der Waals surface area contributed by atoms with E-state index in [1.807, 2.05) is 54.3 Å². The lowest BCUT2D eigenvalue weighted by Gasteiger charge is -2.36. The fourth-order valence-electron chi connectivity index (χ4n) is 4.11. The number of rotatable bonds is 3. The summed E-state index contributed by atoms with van der Waals surface area (Å²) in [6.07, 6.45) is 1.21. The second kappa shape index (κ2) is 7.84. The van der Waals surface area contributed by atoms with Crippen LogP contribution in [0.4, 0.5) is 11.4 Å². The molecule has 0 atom stereocenters. The highest BCUT2D eigenvalue weighted by Gasteiger charge is 2.30. The molecular weight excluding hydrogens is 374 g/mol. The number of piperazine rings is 1. The van der Waals surface area contributed by atoms with Gasteiger partial charge in [0.25, 0.3) is 5.91 Å². The molecule has 1 saturated heterocycles. The molecule has 2 amide bonds. The minimum absolute atomic E-state index is 0.0569. The van der Waals surface area contributed by atoms with Crippen molar-refractivity contribution in [3.05, 3.63) is 58.6 Å². The molecule has 0 spiro atoms. The van der Waals surface area contributed by atoms with Gasteiger partial charge >= 0.3 is 0 Å². The Labute approximate surface area is 170 Å². The number of carbonyl (C=O) groups excluding carboxylic acids is 2. The second-order valence-electron chi connectivity index (χ2n) is 7.18. The minimum atomic E-state index is 0.0569. The highest BCUT2D eigenvalue weighted by Crippen LogP contribution is 2.32. The van der Waals surface area contributed by atoms with Gasteiger partial charge in [-0.2, -0.15) is 0 Å². The maximum atomic E-state index is 13.2. The molecule has 0 N–H and O–H groups in total. The van der Waals surface area contributed by atoms with Crippen LogP contribution in [0, 0.1) is 0 Å². The van der Waals surface area contributed by atoms with Crippen LogP contribution < -0.4 is 9.80 Å². The molecule has 1 fully saturated rings. The molecule has 6 heteroatoms. The van der Waals surface area contributed by atoms with E-state index in [0.717, 1.165) is 47.0 Å². The summed E-state index contributed by atoms with van der Waals surface area (Å²) in [6.45, 7) is 5.35. The highest BCUT2D eigenvalue weighted by molar-refractivity contribution is 6.33. The molecule has 0 bridgehead atoms. The Balaban J connectivity index is 1.49. The van der Waals surface area contributed by atoms with Gasteiger partial charge in [0.1, 0.15) is 0 Å². The molecule has 146 valence electrons. The van der Waals surface area contributed by atoms with E-state index in [4.69, 9.17) is 11.6 Å². The second-order valence-corrected chi connectivity index (χ2v) is 7.59. The summed E-state index contributed by atoms with van der Waals surface area (Å²) >= 11 is 6.31. The van der Waals surface area contributed by atoms with Crippen LogP contribution in [0.2, 0.25) is 5.02 Å². The van der Waals surface area contributed by atoms with Crippen molar-refractivity contribution >= 4 is 34.8 Å². The van der Waals surface area contributed by atoms with E-state index in [1.165, 1.54) is 0 Å². The van der Waals surface area contributed by atoms with E-state index < -0.39 is 0 Å². The number of fused-ring (bicyclic) bond motifs is 1. The van der Waals surface area contributed by atoms with Gasteiger partial charge in [-0.1, -0.05) is 36.7 Å². The predicted octanol–water partition coefficient (Wildman–Crippen LogP) is 3.60. The van der Waals surface area contributed by atoms with Crippen molar-refractivity contribution in [3.8, 4) is 0 Å². The third-order valence-electron chi connectivity index (χ3n) is 5.62. The minimum Gasteiger partial charge on any atom is -0.367 e. The average Bonchev–Trinajstić information content (AvgIpc) is 3.17. The summed E-state index contributed by atoms with van der Waals surface area (Å²) in [6, 6.07) is 13.5. The van der Waals surface area contributed by atoms with Gasteiger partial charge in [-0.05, 0) is 36.2 Å². The average molecular weight is 398 g/mol. The number of amides is 2. The monoisotopic (exact) mass is 397 g/mol. The number of para-hydroxylation sites is 1. The van der Waals surface area contributed by atoms with Gasteiger partial charge < -0.3 is 14.7 Å². The van der Waals surface area contributed by atoms with Gasteiger partial charge in [0.05, 0.1) is 10.7 Å². The van der Waals surface area contributed by atoms with E-state index in [2.05, 4.69) is 4.90 Å². The number of benzene rings is 2. The zero-order valence-corrected chi connectivity index (χ0v) is 16.8. The number of hydrogen-bond acceptors (Lipinski definition) is 3. The number of hydrogen-bond donors (Lipinski definition) is 0. The van der Waals surface area contributed by atoms with Gasteiger partial charge in [-0.15, -0.1) is 0 Å². The highest BCUT2D eigenvalue weighted by atomic mass is 35.5. The molecule has 2 aliphatic rings. The lowest BCUT2D eigenvalue weighted by atomic mass is 10.0. The predicted molar refractivity (Wildman–Crippen MR) is 112 cm³/mol. The largest absolute Gasteiger partial charge is 0.367 e. The van der Waals surface area contributed by atoms with Crippen LogP contribution in [0.3, 0.4) is 0 Å². The fraction of sp³-hybridized carbons (Fsp3) is 0.364. The van der Waals surface area contributed by atoms with Crippen molar-refractivity contribution in [2.24, 2.45) is 0 Å².